The second-order valence-electron chi connectivity index (χ2n) is 5.89. The number of hydrogen-bond donors (Lipinski definition) is 1. The molecule has 0 aliphatic rings. The van der Waals surface area contributed by atoms with E-state index >= 15 is 0 Å². The van der Waals surface area contributed by atoms with Crippen LogP contribution in [0.5, 0.6) is 5.75 Å². The van der Waals surface area contributed by atoms with Gasteiger partial charge in [-0.25, -0.2) is 0 Å². The van der Waals surface area contributed by atoms with Gasteiger partial charge >= 0.3 is 0 Å². The van der Waals surface area contributed by atoms with Gasteiger partial charge in [-0.1, -0.05) is 53.0 Å². The third-order valence-corrected chi connectivity index (χ3v) is 5.55. The molecule has 0 fully saturated rings. The van der Waals surface area contributed by atoms with Crippen molar-refractivity contribution in [3.8, 4) is 5.75 Å². The summed E-state index contributed by atoms with van der Waals surface area (Å²) in [4.78, 5) is 0. The number of rotatable bonds is 7. The molecule has 3 aromatic carbocycles. The minimum absolute atomic E-state index is 0.411. The van der Waals surface area contributed by atoms with E-state index in [1.807, 2.05) is 30.3 Å². The van der Waals surface area contributed by atoms with E-state index < -0.39 is 0 Å². The lowest BCUT2D eigenvalue weighted by atomic mass is 10.2. The van der Waals surface area contributed by atoms with Gasteiger partial charge < -0.3 is 10.2 Å². The van der Waals surface area contributed by atoms with Crippen molar-refractivity contribution in [3.05, 3.63) is 96.0 Å². The SMILES string of the molecule is Clc1ccc(OCc2ccc(I)cc2)c(/C=N\NCc2c(Cl)cccc2Cl)c1. The number of hydrogen-bond acceptors (Lipinski definition) is 3. The molecular weight excluding hydrogens is 530 g/mol. The Labute approximate surface area is 192 Å². The second-order valence-corrected chi connectivity index (χ2v) is 8.39. The maximum atomic E-state index is 6.17. The maximum absolute atomic E-state index is 6.17. The minimum atomic E-state index is 0.411. The fraction of sp³-hybridized carbons (Fsp3) is 0.0952. The summed E-state index contributed by atoms with van der Waals surface area (Å²) in [6.07, 6.45) is 1.67. The van der Waals surface area contributed by atoms with E-state index in [9.17, 15) is 0 Å². The molecule has 28 heavy (non-hydrogen) atoms. The predicted octanol–water partition coefficient (Wildman–Crippen LogP) is 6.95. The predicted molar refractivity (Wildman–Crippen MR) is 126 cm³/mol. The molecule has 0 heterocycles. The van der Waals surface area contributed by atoms with E-state index in [4.69, 9.17) is 39.5 Å². The van der Waals surface area contributed by atoms with Crippen molar-refractivity contribution in [3.63, 3.8) is 0 Å². The Bertz CT molecular complexity index is 958. The molecule has 0 radical (unpaired) electrons. The fourth-order valence-electron chi connectivity index (χ4n) is 2.43. The van der Waals surface area contributed by atoms with Gasteiger partial charge in [-0.15, -0.1) is 0 Å². The lowest BCUT2D eigenvalue weighted by Gasteiger charge is -2.10. The van der Waals surface area contributed by atoms with Crippen LogP contribution in [0, 0.1) is 3.57 Å². The Morgan fingerprint density at radius 3 is 2.39 bits per heavy atom. The summed E-state index contributed by atoms with van der Waals surface area (Å²) in [5, 5.41) is 6.06. The number of nitrogens with zero attached hydrogens (tertiary/aromatic N) is 1. The van der Waals surface area contributed by atoms with E-state index in [1.54, 1.807) is 36.5 Å². The van der Waals surface area contributed by atoms with Crippen LogP contribution >= 0.6 is 57.4 Å². The average Bonchev–Trinajstić information content (AvgIpc) is 2.67. The highest BCUT2D eigenvalue weighted by Crippen LogP contribution is 2.24. The van der Waals surface area contributed by atoms with Crippen molar-refractivity contribution in [2.75, 3.05) is 0 Å². The van der Waals surface area contributed by atoms with Gasteiger partial charge in [0.05, 0.1) is 12.8 Å². The third-order valence-electron chi connectivity index (χ3n) is 3.89. The van der Waals surface area contributed by atoms with Crippen molar-refractivity contribution in [2.24, 2.45) is 5.10 Å². The molecule has 3 nitrogen and oxygen atoms in total. The summed E-state index contributed by atoms with van der Waals surface area (Å²) in [6, 6.07) is 19.0. The van der Waals surface area contributed by atoms with Crippen molar-refractivity contribution in [1.29, 1.82) is 0 Å². The molecule has 3 aromatic rings. The molecular formula is C21H16Cl3IN2O. The highest BCUT2D eigenvalue weighted by atomic mass is 127. The van der Waals surface area contributed by atoms with Gasteiger partial charge in [-0.3, -0.25) is 0 Å². The zero-order chi connectivity index (χ0) is 19.9. The molecule has 0 aromatic heterocycles. The number of ether oxygens (including phenoxy) is 1. The largest absolute Gasteiger partial charge is 0.488 e. The Hall–Kier alpha value is -1.47. The van der Waals surface area contributed by atoms with Crippen LogP contribution in [0.4, 0.5) is 0 Å². The molecule has 0 unspecified atom stereocenters. The van der Waals surface area contributed by atoms with Crippen LogP contribution in [0.25, 0.3) is 0 Å². The first-order chi connectivity index (χ1) is 13.5. The Morgan fingerprint density at radius 2 is 1.68 bits per heavy atom. The first-order valence-electron chi connectivity index (χ1n) is 8.38. The van der Waals surface area contributed by atoms with Crippen molar-refractivity contribution < 1.29 is 4.74 Å². The lowest BCUT2D eigenvalue weighted by molar-refractivity contribution is 0.306. The molecule has 144 valence electrons. The molecule has 0 amide bonds. The number of hydrazone groups is 1. The van der Waals surface area contributed by atoms with Gasteiger partial charge in [0.25, 0.3) is 0 Å². The van der Waals surface area contributed by atoms with Crippen LogP contribution in [0.3, 0.4) is 0 Å². The van der Waals surface area contributed by atoms with Crippen molar-refractivity contribution in [1.82, 2.24) is 5.43 Å². The minimum Gasteiger partial charge on any atom is -0.488 e. The molecule has 3 rings (SSSR count). The Morgan fingerprint density at radius 1 is 0.964 bits per heavy atom. The summed E-state index contributed by atoms with van der Waals surface area (Å²) in [5.74, 6) is 0.698. The second kappa shape index (κ2) is 10.3. The normalized spacial score (nSPS) is 11.0. The van der Waals surface area contributed by atoms with Gasteiger partial charge in [-0.05, 0) is 70.6 Å². The van der Waals surface area contributed by atoms with Crippen molar-refractivity contribution >= 4 is 63.6 Å². The van der Waals surface area contributed by atoms with E-state index in [0.717, 1.165) is 16.7 Å². The molecule has 0 aliphatic heterocycles. The van der Waals surface area contributed by atoms with Crippen molar-refractivity contribution in [2.45, 2.75) is 13.2 Å². The lowest BCUT2D eigenvalue weighted by Crippen LogP contribution is -2.07. The van der Waals surface area contributed by atoms with Gasteiger partial charge in [0.2, 0.25) is 0 Å². The van der Waals surface area contributed by atoms with Crippen LogP contribution in [0.1, 0.15) is 16.7 Å². The molecule has 0 aliphatic carbocycles. The van der Waals surface area contributed by atoms with Crippen LogP contribution in [-0.2, 0) is 13.2 Å². The molecule has 1 N–H and O–H groups in total. The number of benzene rings is 3. The highest BCUT2D eigenvalue weighted by Gasteiger charge is 2.06. The molecule has 0 atom stereocenters. The number of nitrogens with one attached hydrogen (secondary N) is 1. The first-order valence-corrected chi connectivity index (χ1v) is 10.6. The molecule has 0 bridgehead atoms. The summed E-state index contributed by atoms with van der Waals surface area (Å²) < 4.78 is 7.13. The zero-order valence-electron chi connectivity index (χ0n) is 14.6. The van der Waals surface area contributed by atoms with Crippen LogP contribution in [0.15, 0.2) is 65.8 Å². The Kier molecular flexibility index (Phi) is 7.85. The number of halogens is 4. The Balaban J connectivity index is 1.66. The maximum Gasteiger partial charge on any atom is 0.128 e. The zero-order valence-corrected chi connectivity index (χ0v) is 19.1. The molecule has 0 saturated heterocycles. The highest BCUT2D eigenvalue weighted by molar-refractivity contribution is 14.1. The van der Waals surface area contributed by atoms with E-state index in [-0.39, 0.29) is 0 Å². The quantitative estimate of drug-likeness (QED) is 0.198. The monoisotopic (exact) mass is 544 g/mol. The van der Waals surface area contributed by atoms with Crippen LogP contribution in [0.2, 0.25) is 15.1 Å². The molecule has 7 heteroatoms. The smallest absolute Gasteiger partial charge is 0.128 e. The average molecular weight is 546 g/mol. The van der Waals surface area contributed by atoms with E-state index in [2.05, 4.69) is 33.1 Å². The van der Waals surface area contributed by atoms with Gasteiger partial charge in [-0.2, -0.15) is 5.10 Å². The van der Waals surface area contributed by atoms with Gasteiger partial charge in [0.1, 0.15) is 12.4 Å². The first kappa shape index (κ1) is 21.2. The fourth-order valence-corrected chi connectivity index (χ4v) is 3.51. The van der Waals surface area contributed by atoms with Crippen LogP contribution in [-0.4, -0.2) is 6.21 Å². The van der Waals surface area contributed by atoms with Gasteiger partial charge in [0, 0.05) is 29.8 Å². The summed E-state index contributed by atoms with van der Waals surface area (Å²) in [5.41, 5.74) is 5.62. The third kappa shape index (κ3) is 6.01. The molecule has 0 spiro atoms. The van der Waals surface area contributed by atoms with E-state index in [0.29, 0.717) is 34.0 Å². The van der Waals surface area contributed by atoms with Gasteiger partial charge in [0.15, 0.2) is 0 Å². The topological polar surface area (TPSA) is 33.6 Å². The molecule has 0 saturated carbocycles. The van der Waals surface area contributed by atoms with Crippen LogP contribution < -0.4 is 10.2 Å². The summed E-state index contributed by atoms with van der Waals surface area (Å²) >= 11 is 20.7. The van der Waals surface area contributed by atoms with E-state index in [1.165, 1.54) is 3.57 Å². The summed E-state index contributed by atoms with van der Waals surface area (Å²) in [6.45, 7) is 0.871. The summed E-state index contributed by atoms with van der Waals surface area (Å²) in [7, 11) is 0. The standard InChI is InChI=1S/C21H16Cl3IN2O/c22-16-6-9-21(28-13-14-4-7-17(25)8-5-14)15(10-16)11-26-27-12-18-19(23)2-1-3-20(18)24/h1-11,27H,12-13H2/b26-11-.